The Bertz CT molecular complexity index is 53.5. The maximum atomic E-state index is 3.24. The van der Waals surface area contributed by atoms with Gasteiger partial charge in [0.2, 0.25) is 0 Å². The standard InChI is InChI=1S/C4H9NS/c1-3-4(5-3)6-2/h3-5H,1-2H3. The summed E-state index contributed by atoms with van der Waals surface area (Å²) in [5.41, 5.74) is 0. The van der Waals surface area contributed by atoms with Crippen LogP contribution in [-0.4, -0.2) is 17.7 Å². The van der Waals surface area contributed by atoms with Gasteiger partial charge < -0.3 is 0 Å². The molecule has 0 amide bonds. The van der Waals surface area contributed by atoms with E-state index >= 15 is 0 Å². The minimum absolute atomic E-state index is 0.769. The molecule has 0 saturated carbocycles. The number of nitrogens with one attached hydrogen (secondary N) is 1. The molecule has 1 saturated heterocycles. The van der Waals surface area contributed by atoms with E-state index in [1.807, 2.05) is 11.8 Å². The largest absolute Gasteiger partial charge is 0.299 e. The molecule has 1 fully saturated rings. The first-order valence-electron chi connectivity index (χ1n) is 2.13. The van der Waals surface area contributed by atoms with Crippen molar-refractivity contribution in [2.24, 2.45) is 0 Å². The summed E-state index contributed by atoms with van der Waals surface area (Å²) in [7, 11) is 0. The van der Waals surface area contributed by atoms with Crippen LogP contribution in [0.5, 0.6) is 0 Å². The Balaban J connectivity index is 2.09. The number of rotatable bonds is 1. The third-order valence-corrected chi connectivity index (χ3v) is 2.08. The van der Waals surface area contributed by atoms with Crippen molar-refractivity contribution in [3.05, 3.63) is 0 Å². The molecule has 1 N–H and O–H groups in total. The summed E-state index contributed by atoms with van der Waals surface area (Å²) in [5.74, 6) is 0. The predicted molar refractivity (Wildman–Crippen MR) is 29.9 cm³/mol. The number of thioether (sulfide) groups is 1. The highest BCUT2D eigenvalue weighted by atomic mass is 32.2. The van der Waals surface area contributed by atoms with E-state index in [4.69, 9.17) is 0 Å². The summed E-state index contributed by atoms with van der Waals surface area (Å²) in [6.07, 6.45) is 2.13. The summed E-state index contributed by atoms with van der Waals surface area (Å²) >= 11 is 1.89. The molecular weight excluding hydrogens is 94.1 g/mol. The quantitative estimate of drug-likeness (QED) is 0.493. The fourth-order valence-corrected chi connectivity index (χ4v) is 1.23. The molecule has 1 rings (SSSR count). The molecule has 0 aliphatic carbocycles. The highest BCUT2D eigenvalue weighted by molar-refractivity contribution is 7.99. The van der Waals surface area contributed by atoms with Crippen LogP contribution in [0.4, 0.5) is 0 Å². The Kier molecular flexibility index (Phi) is 1.06. The van der Waals surface area contributed by atoms with E-state index in [0.717, 1.165) is 11.4 Å². The topological polar surface area (TPSA) is 21.9 Å². The lowest BCUT2D eigenvalue weighted by Crippen LogP contribution is -1.76. The fraction of sp³-hybridized carbons (Fsp3) is 1.00. The zero-order valence-electron chi connectivity index (χ0n) is 4.06. The normalized spacial score (nSPS) is 43.0. The lowest BCUT2D eigenvalue weighted by Gasteiger charge is -1.76. The predicted octanol–water partition coefficient (Wildman–Crippen LogP) is 0.667. The van der Waals surface area contributed by atoms with Crippen molar-refractivity contribution in [1.82, 2.24) is 5.32 Å². The Labute approximate surface area is 42.5 Å². The van der Waals surface area contributed by atoms with Gasteiger partial charge in [-0.05, 0) is 13.2 Å². The molecular formula is C4H9NS. The minimum atomic E-state index is 0.769. The monoisotopic (exact) mass is 103 g/mol. The first-order valence-corrected chi connectivity index (χ1v) is 3.42. The van der Waals surface area contributed by atoms with Crippen molar-refractivity contribution in [2.45, 2.75) is 18.3 Å². The van der Waals surface area contributed by atoms with Crippen molar-refractivity contribution in [3.8, 4) is 0 Å². The Morgan fingerprint density at radius 1 is 1.67 bits per heavy atom. The summed E-state index contributed by atoms with van der Waals surface area (Å²) in [4.78, 5) is 0. The molecule has 0 aromatic carbocycles. The molecule has 36 valence electrons. The summed E-state index contributed by atoms with van der Waals surface area (Å²) in [5, 5.41) is 4.01. The van der Waals surface area contributed by atoms with Gasteiger partial charge in [0.1, 0.15) is 0 Å². The average Bonchev–Trinajstić information content (AvgIpc) is 2.19. The van der Waals surface area contributed by atoms with Crippen LogP contribution >= 0.6 is 11.8 Å². The smallest absolute Gasteiger partial charge is 0.0685 e. The lowest BCUT2D eigenvalue weighted by atomic mass is 10.6. The van der Waals surface area contributed by atoms with Crippen LogP contribution in [0.25, 0.3) is 0 Å². The van der Waals surface area contributed by atoms with Gasteiger partial charge in [-0.2, -0.15) is 0 Å². The van der Waals surface area contributed by atoms with E-state index in [1.54, 1.807) is 0 Å². The van der Waals surface area contributed by atoms with E-state index in [-0.39, 0.29) is 0 Å². The Hall–Kier alpha value is 0.310. The second kappa shape index (κ2) is 1.43. The van der Waals surface area contributed by atoms with Crippen LogP contribution in [0.3, 0.4) is 0 Å². The highest BCUT2D eigenvalue weighted by Crippen LogP contribution is 2.19. The lowest BCUT2D eigenvalue weighted by molar-refractivity contribution is 1.09. The molecule has 0 bridgehead atoms. The van der Waals surface area contributed by atoms with Crippen molar-refractivity contribution in [3.63, 3.8) is 0 Å². The fourth-order valence-electron chi connectivity index (χ4n) is 0.476. The molecule has 0 spiro atoms. The van der Waals surface area contributed by atoms with Gasteiger partial charge in [-0.15, -0.1) is 11.8 Å². The van der Waals surface area contributed by atoms with Crippen molar-refractivity contribution < 1.29 is 0 Å². The summed E-state index contributed by atoms with van der Waals surface area (Å²) in [6, 6.07) is 0.778. The van der Waals surface area contributed by atoms with Crippen LogP contribution in [0, 0.1) is 0 Å². The summed E-state index contributed by atoms with van der Waals surface area (Å²) in [6.45, 7) is 2.20. The van der Waals surface area contributed by atoms with Gasteiger partial charge in [-0.1, -0.05) is 0 Å². The van der Waals surface area contributed by atoms with E-state index in [1.165, 1.54) is 0 Å². The van der Waals surface area contributed by atoms with Crippen LogP contribution in [-0.2, 0) is 0 Å². The van der Waals surface area contributed by atoms with E-state index in [2.05, 4.69) is 18.5 Å². The molecule has 2 heteroatoms. The van der Waals surface area contributed by atoms with Crippen LogP contribution in [0.15, 0.2) is 0 Å². The molecule has 2 atom stereocenters. The van der Waals surface area contributed by atoms with E-state index in [9.17, 15) is 0 Å². The Morgan fingerprint density at radius 2 is 2.17 bits per heavy atom. The molecule has 1 heterocycles. The van der Waals surface area contributed by atoms with Crippen LogP contribution in [0.2, 0.25) is 0 Å². The van der Waals surface area contributed by atoms with Gasteiger partial charge in [0, 0.05) is 6.04 Å². The van der Waals surface area contributed by atoms with Crippen molar-refractivity contribution >= 4 is 11.8 Å². The Morgan fingerprint density at radius 3 is 2.17 bits per heavy atom. The first kappa shape index (κ1) is 4.47. The van der Waals surface area contributed by atoms with Gasteiger partial charge >= 0.3 is 0 Å². The zero-order chi connectivity index (χ0) is 4.57. The highest BCUT2D eigenvalue weighted by Gasteiger charge is 2.29. The molecule has 1 nitrogen and oxygen atoms in total. The van der Waals surface area contributed by atoms with Gasteiger partial charge in [-0.25, -0.2) is 0 Å². The van der Waals surface area contributed by atoms with E-state index < -0.39 is 0 Å². The molecule has 0 aromatic rings. The second-order valence-electron chi connectivity index (χ2n) is 1.61. The van der Waals surface area contributed by atoms with Crippen molar-refractivity contribution in [1.29, 1.82) is 0 Å². The van der Waals surface area contributed by atoms with Gasteiger partial charge in [-0.3, -0.25) is 5.32 Å². The molecule has 1 aliphatic heterocycles. The molecule has 0 aromatic heterocycles. The van der Waals surface area contributed by atoms with Crippen LogP contribution in [0.1, 0.15) is 6.92 Å². The van der Waals surface area contributed by atoms with E-state index in [0.29, 0.717) is 0 Å². The first-order chi connectivity index (χ1) is 2.84. The van der Waals surface area contributed by atoms with Crippen LogP contribution < -0.4 is 5.32 Å². The number of hydrogen-bond acceptors (Lipinski definition) is 2. The molecule has 6 heavy (non-hydrogen) atoms. The maximum absolute atomic E-state index is 3.24. The van der Waals surface area contributed by atoms with Gasteiger partial charge in [0.25, 0.3) is 0 Å². The minimum Gasteiger partial charge on any atom is -0.299 e. The van der Waals surface area contributed by atoms with Crippen molar-refractivity contribution in [2.75, 3.05) is 6.26 Å². The van der Waals surface area contributed by atoms with Gasteiger partial charge in [0.05, 0.1) is 5.37 Å². The molecule has 1 aliphatic rings. The average molecular weight is 103 g/mol. The SMILES string of the molecule is CSC1NC1C. The molecule has 2 unspecified atom stereocenters. The molecule has 0 radical (unpaired) electrons. The zero-order valence-corrected chi connectivity index (χ0v) is 4.88. The third-order valence-electron chi connectivity index (χ3n) is 1.03. The third kappa shape index (κ3) is 0.684. The summed E-state index contributed by atoms with van der Waals surface area (Å²) < 4.78 is 0. The number of hydrogen-bond donors (Lipinski definition) is 1. The second-order valence-corrected chi connectivity index (χ2v) is 2.59. The van der Waals surface area contributed by atoms with Gasteiger partial charge in [0.15, 0.2) is 0 Å². The maximum Gasteiger partial charge on any atom is 0.0685 e.